The maximum Gasteiger partial charge on any atom is 0.292 e. The van der Waals surface area contributed by atoms with E-state index in [-0.39, 0.29) is 22.3 Å². The number of benzene rings is 1. The Morgan fingerprint density at radius 3 is 2.50 bits per heavy atom. The number of sulfonamides is 1. The van der Waals surface area contributed by atoms with Crippen LogP contribution in [0.25, 0.3) is 0 Å². The smallest absolute Gasteiger partial charge is 0.292 e. The van der Waals surface area contributed by atoms with Gasteiger partial charge in [0.25, 0.3) is 5.69 Å². The highest BCUT2D eigenvalue weighted by atomic mass is 32.2. The zero-order chi connectivity index (χ0) is 15.1. The number of rotatable bonds is 5. The Bertz CT molecular complexity index is 640. The van der Waals surface area contributed by atoms with E-state index >= 15 is 0 Å². The van der Waals surface area contributed by atoms with Crippen LogP contribution in [0.5, 0.6) is 0 Å². The van der Waals surface area contributed by atoms with Crippen LogP contribution in [0.15, 0.2) is 23.1 Å². The van der Waals surface area contributed by atoms with Crippen LogP contribution in [0, 0.1) is 16.0 Å². The van der Waals surface area contributed by atoms with Crippen molar-refractivity contribution in [1.82, 2.24) is 4.31 Å². The Hall–Kier alpha value is -1.67. The van der Waals surface area contributed by atoms with Crippen LogP contribution in [0.3, 0.4) is 0 Å². The van der Waals surface area contributed by atoms with Crippen molar-refractivity contribution < 1.29 is 13.3 Å². The molecule has 1 fully saturated rings. The van der Waals surface area contributed by atoms with E-state index in [2.05, 4.69) is 0 Å². The first-order valence-corrected chi connectivity index (χ1v) is 7.71. The van der Waals surface area contributed by atoms with Crippen LogP contribution in [0.1, 0.15) is 19.8 Å². The summed E-state index contributed by atoms with van der Waals surface area (Å²) in [5, 5.41) is 10.7. The Kier molecular flexibility index (Phi) is 3.70. The average molecular weight is 299 g/mol. The maximum atomic E-state index is 12.4. The zero-order valence-corrected chi connectivity index (χ0v) is 12.1. The Balaban J connectivity index is 2.34. The predicted octanol–water partition coefficient (Wildman–Crippen LogP) is 1.60. The molecule has 1 aromatic carbocycles. The number of anilines is 1. The largest absolute Gasteiger partial charge is 0.393 e. The number of nitrogen functional groups attached to an aromatic ring is 1. The molecular weight excluding hydrogens is 282 g/mol. The van der Waals surface area contributed by atoms with Gasteiger partial charge >= 0.3 is 0 Å². The minimum absolute atomic E-state index is 0.0180. The summed E-state index contributed by atoms with van der Waals surface area (Å²) in [6.07, 6.45) is 2.06. The molecule has 0 heterocycles. The van der Waals surface area contributed by atoms with Gasteiger partial charge < -0.3 is 5.73 Å². The number of hydrogen-bond donors (Lipinski definition) is 1. The molecule has 1 aromatic rings. The molecule has 0 radical (unpaired) electrons. The number of nitrogens with zero attached hydrogens (tertiary/aromatic N) is 2. The Morgan fingerprint density at radius 1 is 1.45 bits per heavy atom. The van der Waals surface area contributed by atoms with E-state index in [4.69, 9.17) is 5.73 Å². The van der Waals surface area contributed by atoms with E-state index in [9.17, 15) is 18.5 Å². The summed E-state index contributed by atoms with van der Waals surface area (Å²) >= 11 is 0. The lowest BCUT2D eigenvalue weighted by molar-refractivity contribution is -0.383. The topological polar surface area (TPSA) is 107 Å². The number of nitro groups is 1. The monoisotopic (exact) mass is 299 g/mol. The van der Waals surface area contributed by atoms with Crippen molar-refractivity contribution in [1.29, 1.82) is 0 Å². The fourth-order valence-corrected chi connectivity index (χ4v) is 3.58. The second kappa shape index (κ2) is 5.02. The van der Waals surface area contributed by atoms with Crippen molar-refractivity contribution in [2.75, 3.05) is 12.8 Å². The Morgan fingerprint density at radius 2 is 2.05 bits per heavy atom. The molecule has 0 aliphatic heterocycles. The summed E-state index contributed by atoms with van der Waals surface area (Å²) in [5.74, 6) is 0.394. The molecule has 8 heteroatoms. The molecule has 0 bridgehead atoms. The number of hydrogen-bond acceptors (Lipinski definition) is 5. The fourth-order valence-electron chi connectivity index (χ4n) is 2.12. The highest BCUT2D eigenvalue weighted by Gasteiger charge is 2.36. The average Bonchev–Trinajstić information content (AvgIpc) is 3.20. The minimum Gasteiger partial charge on any atom is -0.393 e. The Labute approximate surface area is 117 Å². The van der Waals surface area contributed by atoms with Crippen molar-refractivity contribution in [3.63, 3.8) is 0 Å². The van der Waals surface area contributed by atoms with Gasteiger partial charge in [0, 0.05) is 19.2 Å². The van der Waals surface area contributed by atoms with Crippen molar-refractivity contribution in [2.24, 2.45) is 5.92 Å². The number of nitrogens with two attached hydrogens (primary N) is 1. The normalized spacial score (nSPS) is 17.1. The lowest BCUT2D eigenvalue weighted by Crippen LogP contribution is -2.36. The molecule has 0 spiro atoms. The van der Waals surface area contributed by atoms with Crippen LogP contribution in [-0.4, -0.2) is 30.7 Å². The van der Waals surface area contributed by atoms with Crippen molar-refractivity contribution in [2.45, 2.75) is 30.7 Å². The molecule has 1 aliphatic rings. The van der Waals surface area contributed by atoms with Crippen molar-refractivity contribution in [3.05, 3.63) is 28.3 Å². The van der Waals surface area contributed by atoms with E-state index < -0.39 is 14.9 Å². The second-order valence-electron chi connectivity index (χ2n) is 5.08. The molecule has 2 N–H and O–H groups in total. The highest BCUT2D eigenvalue weighted by molar-refractivity contribution is 7.89. The minimum atomic E-state index is -3.68. The zero-order valence-electron chi connectivity index (χ0n) is 11.3. The molecule has 2 rings (SSSR count). The number of nitro benzene ring substituents is 1. The van der Waals surface area contributed by atoms with Gasteiger partial charge in [0.2, 0.25) is 10.0 Å². The van der Waals surface area contributed by atoms with E-state index in [1.165, 1.54) is 17.4 Å². The molecule has 0 aromatic heterocycles. The molecule has 0 amide bonds. The van der Waals surface area contributed by atoms with Crippen LogP contribution in [0.2, 0.25) is 0 Å². The van der Waals surface area contributed by atoms with E-state index in [0.29, 0.717) is 5.92 Å². The molecule has 7 nitrogen and oxygen atoms in total. The van der Waals surface area contributed by atoms with Gasteiger partial charge in [-0.25, -0.2) is 8.42 Å². The van der Waals surface area contributed by atoms with Gasteiger partial charge in [-0.2, -0.15) is 4.31 Å². The third kappa shape index (κ3) is 2.61. The molecule has 0 saturated heterocycles. The quantitative estimate of drug-likeness (QED) is 0.505. The predicted molar refractivity (Wildman–Crippen MR) is 74.6 cm³/mol. The summed E-state index contributed by atoms with van der Waals surface area (Å²) < 4.78 is 26.2. The summed E-state index contributed by atoms with van der Waals surface area (Å²) in [5.41, 5.74) is 5.10. The van der Waals surface area contributed by atoms with Crippen LogP contribution >= 0.6 is 0 Å². The molecule has 20 heavy (non-hydrogen) atoms. The van der Waals surface area contributed by atoms with Gasteiger partial charge in [0.05, 0.1) is 9.82 Å². The fraction of sp³-hybridized carbons (Fsp3) is 0.500. The first-order valence-electron chi connectivity index (χ1n) is 6.27. The van der Waals surface area contributed by atoms with Gasteiger partial charge in [-0.3, -0.25) is 10.1 Å². The lowest BCUT2D eigenvalue weighted by atomic mass is 10.2. The second-order valence-corrected chi connectivity index (χ2v) is 7.07. The summed E-state index contributed by atoms with van der Waals surface area (Å²) in [6, 6.07) is 3.40. The van der Waals surface area contributed by atoms with E-state index in [0.717, 1.165) is 25.0 Å². The molecule has 1 atom stereocenters. The third-order valence-corrected chi connectivity index (χ3v) is 5.69. The van der Waals surface area contributed by atoms with Gasteiger partial charge in [0.1, 0.15) is 5.69 Å². The molecule has 1 aliphatic carbocycles. The third-order valence-electron chi connectivity index (χ3n) is 3.75. The van der Waals surface area contributed by atoms with Gasteiger partial charge in [-0.05, 0) is 37.8 Å². The summed E-state index contributed by atoms with van der Waals surface area (Å²) in [6.45, 7) is 1.87. The van der Waals surface area contributed by atoms with Crippen LogP contribution < -0.4 is 5.73 Å². The highest BCUT2D eigenvalue weighted by Crippen LogP contribution is 2.36. The first-order chi connectivity index (χ1) is 9.25. The van der Waals surface area contributed by atoms with Gasteiger partial charge in [-0.1, -0.05) is 0 Å². The first kappa shape index (κ1) is 14.7. The van der Waals surface area contributed by atoms with Gasteiger partial charge in [-0.15, -0.1) is 0 Å². The summed E-state index contributed by atoms with van der Waals surface area (Å²) in [7, 11) is -2.15. The van der Waals surface area contributed by atoms with Crippen LogP contribution in [-0.2, 0) is 10.0 Å². The maximum absolute atomic E-state index is 12.4. The van der Waals surface area contributed by atoms with Crippen molar-refractivity contribution in [3.8, 4) is 0 Å². The van der Waals surface area contributed by atoms with E-state index in [1.54, 1.807) is 0 Å². The van der Waals surface area contributed by atoms with E-state index in [1.807, 2.05) is 6.92 Å². The molecule has 1 saturated carbocycles. The summed E-state index contributed by atoms with van der Waals surface area (Å²) in [4.78, 5) is 10.0. The SMILES string of the molecule is CC(C1CC1)N(C)S(=O)(=O)c1ccc([N+](=O)[O-])c(N)c1. The standard InChI is InChI=1S/C12H17N3O4S/c1-8(9-3-4-9)14(2)20(18,19)10-5-6-12(15(16)17)11(13)7-10/h5-9H,3-4,13H2,1-2H3. The van der Waals surface area contributed by atoms with Gasteiger partial charge in [0.15, 0.2) is 0 Å². The molecular formula is C12H17N3O4S. The molecule has 1 unspecified atom stereocenters. The van der Waals surface area contributed by atoms with Crippen LogP contribution in [0.4, 0.5) is 11.4 Å². The van der Waals surface area contributed by atoms with Crippen molar-refractivity contribution >= 4 is 21.4 Å². The lowest BCUT2D eigenvalue weighted by Gasteiger charge is -2.24. The molecule has 110 valence electrons.